The van der Waals surface area contributed by atoms with Crippen molar-refractivity contribution in [1.29, 1.82) is 0 Å². The SMILES string of the molecule is COc1ccc(-c2cc(C)c(-c3nnc(N)s3)c(=O)[nH]2)cc1. The number of nitrogens with two attached hydrogens (primary N) is 1. The van der Waals surface area contributed by atoms with Gasteiger partial charge in [0.05, 0.1) is 12.7 Å². The van der Waals surface area contributed by atoms with Crippen LogP contribution >= 0.6 is 11.3 Å². The average molecular weight is 314 g/mol. The Kier molecular flexibility index (Phi) is 3.64. The lowest BCUT2D eigenvalue weighted by Gasteiger charge is -2.07. The maximum atomic E-state index is 12.4. The van der Waals surface area contributed by atoms with Crippen molar-refractivity contribution >= 4 is 16.5 Å². The van der Waals surface area contributed by atoms with Crippen LogP contribution in [0.25, 0.3) is 21.8 Å². The first-order valence-electron chi connectivity index (χ1n) is 6.56. The third-order valence-corrected chi connectivity index (χ3v) is 4.06. The molecule has 112 valence electrons. The molecule has 0 aliphatic rings. The van der Waals surface area contributed by atoms with Crippen molar-refractivity contribution in [3.8, 4) is 27.6 Å². The Balaban J connectivity index is 2.07. The molecular formula is C15H14N4O2S. The fourth-order valence-corrected chi connectivity index (χ4v) is 2.93. The van der Waals surface area contributed by atoms with Gasteiger partial charge in [0.1, 0.15) is 5.75 Å². The Labute approximate surface area is 130 Å². The van der Waals surface area contributed by atoms with Crippen molar-refractivity contribution in [3.63, 3.8) is 0 Å². The number of pyridine rings is 1. The minimum Gasteiger partial charge on any atom is -0.497 e. The average Bonchev–Trinajstić information content (AvgIpc) is 2.93. The van der Waals surface area contributed by atoms with Crippen molar-refractivity contribution < 1.29 is 4.74 Å². The van der Waals surface area contributed by atoms with Gasteiger partial charge in [-0.15, -0.1) is 10.2 Å². The van der Waals surface area contributed by atoms with Gasteiger partial charge >= 0.3 is 0 Å². The molecule has 2 heterocycles. The molecule has 0 saturated heterocycles. The highest BCUT2D eigenvalue weighted by molar-refractivity contribution is 7.18. The summed E-state index contributed by atoms with van der Waals surface area (Å²) in [7, 11) is 1.61. The third-order valence-electron chi connectivity index (χ3n) is 3.29. The van der Waals surface area contributed by atoms with Gasteiger partial charge in [0.25, 0.3) is 5.56 Å². The van der Waals surface area contributed by atoms with Gasteiger partial charge in [0.2, 0.25) is 5.13 Å². The first-order chi connectivity index (χ1) is 10.6. The number of aryl methyl sites for hydroxylation is 1. The first kappa shape index (κ1) is 14.3. The lowest BCUT2D eigenvalue weighted by atomic mass is 10.1. The molecule has 0 saturated carbocycles. The Morgan fingerprint density at radius 3 is 2.50 bits per heavy atom. The van der Waals surface area contributed by atoms with Crippen molar-refractivity contribution in [2.75, 3.05) is 12.8 Å². The summed E-state index contributed by atoms with van der Waals surface area (Å²) in [6.45, 7) is 1.87. The van der Waals surface area contributed by atoms with Gasteiger partial charge in [-0.25, -0.2) is 0 Å². The Hall–Kier alpha value is -2.67. The summed E-state index contributed by atoms with van der Waals surface area (Å²) in [5.74, 6) is 0.767. The summed E-state index contributed by atoms with van der Waals surface area (Å²) >= 11 is 1.19. The largest absolute Gasteiger partial charge is 0.497 e. The maximum absolute atomic E-state index is 12.4. The maximum Gasteiger partial charge on any atom is 0.259 e. The van der Waals surface area contributed by atoms with Crippen LogP contribution in [0.1, 0.15) is 5.56 Å². The minimum absolute atomic E-state index is 0.207. The summed E-state index contributed by atoms with van der Waals surface area (Å²) in [5, 5.41) is 8.56. The minimum atomic E-state index is -0.207. The number of H-pyrrole nitrogens is 1. The summed E-state index contributed by atoms with van der Waals surface area (Å²) in [5.41, 5.74) is 8.36. The number of aromatic nitrogens is 3. The van der Waals surface area contributed by atoms with Crippen LogP contribution in [0.5, 0.6) is 5.75 Å². The van der Waals surface area contributed by atoms with Gasteiger partial charge in [-0.05, 0) is 48.4 Å². The molecule has 0 unspecified atom stereocenters. The topological polar surface area (TPSA) is 93.9 Å². The van der Waals surface area contributed by atoms with E-state index in [2.05, 4.69) is 15.2 Å². The molecule has 0 bridgehead atoms. The van der Waals surface area contributed by atoms with Crippen LogP contribution in [0.4, 0.5) is 5.13 Å². The van der Waals surface area contributed by atoms with E-state index in [-0.39, 0.29) is 5.56 Å². The van der Waals surface area contributed by atoms with Gasteiger partial charge in [-0.3, -0.25) is 4.79 Å². The standard InChI is InChI=1S/C15H14N4O2S/c1-8-7-11(9-3-5-10(21-2)6-4-9)17-13(20)12(8)14-18-19-15(16)22-14/h3-7H,1-2H3,(H2,16,19)(H,17,20). The van der Waals surface area contributed by atoms with E-state index in [0.717, 1.165) is 22.6 Å². The number of nitrogens with zero attached hydrogens (tertiary/aromatic N) is 2. The van der Waals surface area contributed by atoms with Crippen LogP contribution in [0.3, 0.4) is 0 Å². The predicted molar refractivity (Wildman–Crippen MR) is 87.1 cm³/mol. The van der Waals surface area contributed by atoms with Gasteiger partial charge in [-0.1, -0.05) is 11.3 Å². The van der Waals surface area contributed by atoms with Crippen molar-refractivity contribution in [2.24, 2.45) is 0 Å². The van der Waals surface area contributed by atoms with E-state index >= 15 is 0 Å². The molecule has 3 rings (SSSR count). The Morgan fingerprint density at radius 2 is 1.95 bits per heavy atom. The van der Waals surface area contributed by atoms with Gasteiger partial charge in [0.15, 0.2) is 5.01 Å². The molecule has 0 fully saturated rings. The highest BCUT2D eigenvalue weighted by Crippen LogP contribution is 2.27. The number of aromatic amines is 1. The van der Waals surface area contributed by atoms with Crippen LogP contribution in [0.2, 0.25) is 0 Å². The van der Waals surface area contributed by atoms with E-state index in [9.17, 15) is 4.79 Å². The molecule has 0 aliphatic carbocycles. The van der Waals surface area contributed by atoms with E-state index < -0.39 is 0 Å². The summed E-state index contributed by atoms with van der Waals surface area (Å²) in [4.78, 5) is 15.3. The Morgan fingerprint density at radius 1 is 1.23 bits per heavy atom. The second-order valence-electron chi connectivity index (χ2n) is 4.74. The number of anilines is 1. The van der Waals surface area contributed by atoms with E-state index in [1.165, 1.54) is 11.3 Å². The number of nitrogen functional groups attached to an aromatic ring is 1. The number of hydrogen-bond donors (Lipinski definition) is 2. The van der Waals surface area contributed by atoms with E-state index in [1.54, 1.807) is 7.11 Å². The van der Waals surface area contributed by atoms with Gasteiger partial charge in [-0.2, -0.15) is 0 Å². The van der Waals surface area contributed by atoms with Crippen LogP contribution in [-0.4, -0.2) is 22.3 Å². The lowest BCUT2D eigenvalue weighted by Crippen LogP contribution is -2.11. The summed E-state index contributed by atoms with van der Waals surface area (Å²) < 4.78 is 5.13. The highest BCUT2D eigenvalue weighted by Gasteiger charge is 2.14. The number of ether oxygens (including phenoxy) is 1. The predicted octanol–water partition coefficient (Wildman–Crippen LogP) is 2.46. The zero-order chi connectivity index (χ0) is 15.7. The van der Waals surface area contributed by atoms with Crippen molar-refractivity contribution in [3.05, 3.63) is 46.2 Å². The number of methoxy groups -OCH3 is 1. The summed E-state index contributed by atoms with van der Waals surface area (Å²) in [6, 6.07) is 9.40. The second kappa shape index (κ2) is 5.61. The van der Waals surface area contributed by atoms with Crippen LogP contribution in [0, 0.1) is 6.92 Å². The molecular weight excluding hydrogens is 300 g/mol. The van der Waals surface area contributed by atoms with E-state index in [4.69, 9.17) is 10.5 Å². The molecule has 2 aromatic heterocycles. The van der Waals surface area contributed by atoms with Crippen LogP contribution < -0.4 is 16.0 Å². The molecule has 22 heavy (non-hydrogen) atoms. The summed E-state index contributed by atoms with van der Waals surface area (Å²) in [6.07, 6.45) is 0. The van der Waals surface area contributed by atoms with E-state index in [0.29, 0.717) is 15.7 Å². The molecule has 0 spiro atoms. The molecule has 0 amide bonds. The van der Waals surface area contributed by atoms with Gasteiger partial charge in [0, 0.05) is 5.69 Å². The molecule has 0 radical (unpaired) electrons. The monoisotopic (exact) mass is 314 g/mol. The zero-order valence-electron chi connectivity index (χ0n) is 12.1. The number of rotatable bonds is 3. The highest BCUT2D eigenvalue weighted by atomic mass is 32.1. The number of hydrogen-bond acceptors (Lipinski definition) is 6. The third kappa shape index (κ3) is 2.58. The van der Waals surface area contributed by atoms with Crippen LogP contribution in [0.15, 0.2) is 35.1 Å². The molecule has 0 atom stereocenters. The molecule has 3 N–H and O–H groups in total. The first-order valence-corrected chi connectivity index (χ1v) is 7.38. The second-order valence-corrected chi connectivity index (χ2v) is 5.75. The number of benzene rings is 1. The fraction of sp³-hybridized carbons (Fsp3) is 0.133. The van der Waals surface area contributed by atoms with Crippen LogP contribution in [-0.2, 0) is 0 Å². The molecule has 1 aromatic carbocycles. The molecule has 7 heteroatoms. The lowest BCUT2D eigenvalue weighted by molar-refractivity contribution is 0.415. The smallest absolute Gasteiger partial charge is 0.259 e. The quantitative estimate of drug-likeness (QED) is 0.774. The molecule has 0 aliphatic heterocycles. The van der Waals surface area contributed by atoms with Crippen molar-refractivity contribution in [2.45, 2.75) is 6.92 Å². The molecule has 3 aromatic rings. The fourth-order valence-electron chi connectivity index (χ4n) is 2.22. The molecule has 6 nitrogen and oxygen atoms in total. The zero-order valence-corrected chi connectivity index (χ0v) is 12.9. The number of nitrogens with one attached hydrogen (secondary N) is 1. The normalized spacial score (nSPS) is 10.6. The van der Waals surface area contributed by atoms with E-state index in [1.807, 2.05) is 37.3 Å². The van der Waals surface area contributed by atoms with Gasteiger partial charge < -0.3 is 15.5 Å². The van der Waals surface area contributed by atoms with Crippen molar-refractivity contribution in [1.82, 2.24) is 15.2 Å². The Bertz CT molecular complexity index is 868.